The third-order valence-corrected chi connectivity index (χ3v) is 4.36. The molecule has 1 aromatic heterocycles. The van der Waals surface area contributed by atoms with Gasteiger partial charge in [0.1, 0.15) is 0 Å². The Morgan fingerprint density at radius 3 is 3.05 bits per heavy atom. The third-order valence-electron chi connectivity index (χ3n) is 4.15. The van der Waals surface area contributed by atoms with E-state index in [1.807, 2.05) is 0 Å². The summed E-state index contributed by atoms with van der Waals surface area (Å²) in [6.45, 7) is 2.11. The molecular formula is C14H18ClN3O4. The number of amides is 3. The van der Waals surface area contributed by atoms with E-state index < -0.39 is 0 Å². The van der Waals surface area contributed by atoms with Gasteiger partial charge in [-0.2, -0.15) is 0 Å². The number of rotatable bonds is 4. The number of hydrogen-bond acceptors (Lipinski definition) is 4. The van der Waals surface area contributed by atoms with Crippen molar-refractivity contribution < 1.29 is 18.7 Å². The van der Waals surface area contributed by atoms with Crippen molar-refractivity contribution in [1.82, 2.24) is 15.1 Å². The molecule has 0 saturated carbocycles. The van der Waals surface area contributed by atoms with Gasteiger partial charge in [-0.3, -0.25) is 4.79 Å². The van der Waals surface area contributed by atoms with Crippen molar-refractivity contribution >= 4 is 23.5 Å². The maximum Gasteiger partial charge on any atom is 0.318 e. The minimum Gasteiger partial charge on any atom is -0.440 e. The SMILES string of the molecule is COCCN1C(=O)N[C@H]2CN(C(=O)c3ccc(Cl)o3)CC[C@H]21. The number of piperidine rings is 1. The predicted molar refractivity (Wildman–Crippen MR) is 78.9 cm³/mol. The van der Waals surface area contributed by atoms with Gasteiger partial charge in [-0.05, 0) is 30.2 Å². The minimum atomic E-state index is -0.199. The number of carbonyl (C=O) groups excluding carboxylic acids is 2. The monoisotopic (exact) mass is 327 g/mol. The first-order chi connectivity index (χ1) is 10.6. The van der Waals surface area contributed by atoms with Crippen molar-refractivity contribution in [1.29, 1.82) is 0 Å². The summed E-state index contributed by atoms with van der Waals surface area (Å²) in [7, 11) is 1.61. The van der Waals surface area contributed by atoms with Gasteiger partial charge in [0.25, 0.3) is 5.91 Å². The Bertz CT molecular complexity index is 576. The van der Waals surface area contributed by atoms with Crippen LogP contribution in [0.1, 0.15) is 17.0 Å². The molecule has 1 aromatic rings. The Labute approximate surface area is 133 Å². The van der Waals surface area contributed by atoms with Crippen molar-refractivity contribution in [3.63, 3.8) is 0 Å². The molecule has 8 heteroatoms. The Hall–Kier alpha value is -1.73. The zero-order chi connectivity index (χ0) is 15.7. The number of ether oxygens (including phenoxy) is 1. The molecule has 2 fully saturated rings. The number of urea groups is 1. The van der Waals surface area contributed by atoms with E-state index in [4.69, 9.17) is 20.8 Å². The standard InChI is InChI=1S/C14H18ClN3O4/c1-21-7-6-18-10-4-5-17(8-9(10)16-14(18)20)13(19)11-2-3-12(15)22-11/h2-3,9-10H,4-8H2,1H3,(H,16,20)/t9-,10+/m0/s1. The molecule has 0 aromatic carbocycles. The maximum atomic E-state index is 12.4. The van der Waals surface area contributed by atoms with Crippen LogP contribution in [0.4, 0.5) is 4.79 Å². The fourth-order valence-electron chi connectivity index (χ4n) is 3.07. The van der Waals surface area contributed by atoms with Gasteiger partial charge in [0.05, 0.1) is 18.7 Å². The molecule has 0 unspecified atom stereocenters. The molecule has 3 amide bonds. The molecule has 3 rings (SSSR count). The zero-order valence-electron chi connectivity index (χ0n) is 12.3. The van der Waals surface area contributed by atoms with Crippen LogP contribution in [0.2, 0.25) is 5.22 Å². The lowest BCUT2D eigenvalue weighted by Crippen LogP contribution is -2.53. The van der Waals surface area contributed by atoms with E-state index >= 15 is 0 Å². The van der Waals surface area contributed by atoms with E-state index in [9.17, 15) is 9.59 Å². The number of likely N-dealkylation sites (tertiary alicyclic amines) is 1. The van der Waals surface area contributed by atoms with Crippen molar-refractivity contribution in [2.75, 3.05) is 33.4 Å². The van der Waals surface area contributed by atoms with Crippen molar-refractivity contribution in [2.24, 2.45) is 0 Å². The lowest BCUT2D eigenvalue weighted by atomic mass is 9.99. The largest absolute Gasteiger partial charge is 0.440 e. The summed E-state index contributed by atoms with van der Waals surface area (Å²) in [5.74, 6) is 0.0268. The molecule has 0 spiro atoms. The second-order valence-corrected chi connectivity index (χ2v) is 5.83. The first kappa shape index (κ1) is 15.2. The molecule has 0 bridgehead atoms. The Kier molecular flexibility index (Phi) is 4.26. The predicted octanol–water partition coefficient (Wildman–Crippen LogP) is 1.19. The van der Waals surface area contributed by atoms with E-state index in [-0.39, 0.29) is 35.0 Å². The van der Waals surface area contributed by atoms with Crippen LogP contribution in [0.15, 0.2) is 16.5 Å². The summed E-state index contributed by atoms with van der Waals surface area (Å²) in [4.78, 5) is 27.9. The summed E-state index contributed by atoms with van der Waals surface area (Å²) in [5.41, 5.74) is 0. The quantitative estimate of drug-likeness (QED) is 0.901. The van der Waals surface area contributed by atoms with Gasteiger partial charge in [-0.15, -0.1) is 0 Å². The molecular weight excluding hydrogens is 310 g/mol. The highest BCUT2D eigenvalue weighted by atomic mass is 35.5. The molecule has 0 aliphatic carbocycles. The number of methoxy groups -OCH3 is 1. The Balaban J connectivity index is 1.65. The normalized spacial score (nSPS) is 24.4. The van der Waals surface area contributed by atoms with Gasteiger partial charge in [-0.25, -0.2) is 4.79 Å². The maximum absolute atomic E-state index is 12.4. The number of halogens is 1. The summed E-state index contributed by atoms with van der Waals surface area (Å²) < 4.78 is 10.2. The zero-order valence-corrected chi connectivity index (χ0v) is 13.0. The van der Waals surface area contributed by atoms with E-state index in [1.54, 1.807) is 29.0 Å². The van der Waals surface area contributed by atoms with Crippen LogP contribution in [-0.4, -0.2) is 67.2 Å². The smallest absolute Gasteiger partial charge is 0.318 e. The fourth-order valence-corrected chi connectivity index (χ4v) is 3.22. The fraction of sp³-hybridized carbons (Fsp3) is 0.571. The van der Waals surface area contributed by atoms with Crippen molar-refractivity contribution in [3.05, 3.63) is 23.1 Å². The van der Waals surface area contributed by atoms with E-state index in [0.717, 1.165) is 6.42 Å². The van der Waals surface area contributed by atoms with E-state index in [0.29, 0.717) is 26.2 Å². The van der Waals surface area contributed by atoms with E-state index in [2.05, 4.69) is 5.32 Å². The number of carbonyl (C=O) groups is 2. The first-order valence-electron chi connectivity index (χ1n) is 7.21. The third kappa shape index (κ3) is 2.78. The number of nitrogens with zero attached hydrogens (tertiary/aromatic N) is 2. The van der Waals surface area contributed by atoms with Crippen LogP contribution in [0, 0.1) is 0 Å². The van der Waals surface area contributed by atoms with Crippen LogP contribution in [0.5, 0.6) is 0 Å². The molecule has 2 aliphatic heterocycles. The van der Waals surface area contributed by atoms with Crippen molar-refractivity contribution in [3.8, 4) is 0 Å². The summed E-state index contributed by atoms with van der Waals surface area (Å²) >= 11 is 5.71. The average molecular weight is 328 g/mol. The second-order valence-electron chi connectivity index (χ2n) is 5.45. The van der Waals surface area contributed by atoms with Crippen LogP contribution in [-0.2, 0) is 4.74 Å². The molecule has 120 valence electrons. The second kappa shape index (κ2) is 6.18. The molecule has 2 aliphatic rings. The summed E-state index contributed by atoms with van der Waals surface area (Å²) in [6, 6.07) is 3.06. The van der Waals surface area contributed by atoms with Gasteiger partial charge in [0, 0.05) is 26.7 Å². The van der Waals surface area contributed by atoms with Crippen molar-refractivity contribution in [2.45, 2.75) is 18.5 Å². The minimum absolute atomic E-state index is 0.0625. The van der Waals surface area contributed by atoms with Crippen LogP contribution in [0.25, 0.3) is 0 Å². The Morgan fingerprint density at radius 1 is 1.55 bits per heavy atom. The summed E-state index contributed by atoms with van der Waals surface area (Å²) in [6.07, 6.45) is 0.729. The first-order valence-corrected chi connectivity index (χ1v) is 7.58. The van der Waals surface area contributed by atoms with Crippen LogP contribution in [0.3, 0.4) is 0 Å². The topological polar surface area (TPSA) is 75.0 Å². The highest BCUT2D eigenvalue weighted by Crippen LogP contribution is 2.24. The number of fused-ring (bicyclic) bond motifs is 1. The Morgan fingerprint density at radius 2 is 2.36 bits per heavy atom. The van der Waals surface area contributed by atoms with Gasteiger partial charge in [0.15, 0.2) is 11.0 Å². The molecule has 2 saturated heterocycles. The highest BCUT2D eigenvalue weighted by molar-refractivity contribution is 6.29. The highest BCUT2D eigenvalue weighted by Gasteiger charge is 2.43. The van der Waals surface area contributed by atoms with Gasteiger partial charge >= 0.3 is 6.03 Å². The average Bonchev–Trinajstić information content (AvgIpc) is 3.07. The van der Waals surface area contributed by atoms with Gasteiger partial charge in [-0.1, -0.05) is 0 Å². The number of nitrogens with one attached hydrogen (secondary N) is 1. The lowest BCUT2D eigenvalue weighted by molar-refractivity contribution is 0.0612. The number of hydrogen-bond donors (Lipinski definition) is 1. The summed E-state index contributed by atoms with van der Waals surface area (Å²) in [5, 5.41) is 3.13. The van der Waals surface area contributed by atoms with Gasteiger partial charge < -0.3 is 24.3 Å². The van der Waals surface area contributed by atoms with Crippen LogP contribution >= 0.6 is 11.6 Å². The van der Waals surface area contributed by atoms with Gasteiger partial charge in [0.2, 0.25) is 0 Å². The molecule has 0 radical (unpaired) electrons. The van der Waals surface area contributed by atoms with E-state index in [1.165, 1.54) is 0 Å². The van der Waals surface area contributed by atoms with Crippen LogP contribution < -0.4 is 5.32 Å². The molecule has 3 heterocycles. The molecule has 22 heavy (non-hydrogen) atoms. The number of furan rings is 1. The molecule has 7 nitrogen and oxygen atoms in total. The lowest BCUT2D eigenvalue weighted by Gasteiger charge is -2.36. The molecule has 2 atom stereocenters. The molecule has 1 N–H and O–H groups in total.